The van der Waals surface area contributed by atoms with Crippen LogP contribution in [0.4, 0.5) is 4.39 Å². The van der Waals surface area contributed by atoms with Crippen LogP contribution >= 0.6 is 0 Å². The molecule has 3 rings (SSSR count). The Morgan fingerprint density at radius 1 is 1.32 bits per heavy atom. The molecule has 2 heterocycles. The van der Waals surface area contributed by atoms with Gasteiger partial charge in [0.2, 0.25) is 15.9 Å². The van der Waals surface area contributed by atoms with Gasteiger partial charge in [-0.1, -0.05) is 0 Å². The Balaban J connectivity index is 1.64. The van der Waals surface area contributed by atoms with Crippen molar-refractivity contribution >= 4 is 15.9 Å². The second-order valence-electron chi connectivity index (χ2n) is 6.94. The Hall–Kier alpha value is -2.26. The summed E-state index contributed by atoms with van der Waals surface area (Å²) in [4.78, 5) is 12.6. The van der Waals surface area contributed by atoms with Gasteiger partial charge in [0.25, 0.3) is 0 Å². The number of sulfonamides is 1. The van der Waals surface area contributed by atoms with Gasteiger partial charge in [-0.15, -0.1) is 0 Å². The van der Waals surface area contributed by atoms with Gasteiger partial charge in [-0.3, -0.25) is 9.48 Å². The monoisotopic (exact) mass is 408 g/mol. The smallest absolute Gasteiger partial charge is 0.243 e. The van der Waals surface area contributed by atoms with E-state index in [1.54, 1.807) is 6.20 Å². The highest BCUT2D eigenvalue weighted by Gasteiger charge is 2.33. The van der Waals surface area contributed by atoms with Crippen LogP contribution in [0.1, 0.15) is 31.0 Å². The van der Waals surface area contributed by atoms with Gasteiger partial charge in [-0.2, -0.15) is 9.40 Å². The van der Waals surface area contributed by atoms with Crippen LogP contribution in [-0.4, -0.2) is 41.5 Å². The molecule has 1 N–H and O–H groups in total. The Morgan fingerprint density at radius 2 is 2.04 bits per heavy atom. The van der Waals surface area contributed by atoms with Gasteiger partial charge in [-0.05, 0) is 51.0 Å². The molecule has 1 aromatic carbocycles. The highest BCUT2D eigenvalue weighted by molar-refractivity contribution is 7.89. The molecule has 0 bridgehead atoms. The molecule has 0 aliphatic carbocycles. The van der Waals surface area contributed by atoms with Crippen LogP contribution in [0.15, 0.2) is 35.4 Å². The number of nitrogens with zero attached hydrogens (tertiary/aromatic N) is 3. The third kappa shape index (κ3) is 4.25. The van der Waals surface area contributed by atoms with Crippen molar-refractivity contribution in [3.05, 3.63) is 47.5 Å². The number of amides is 1. The van der Waals surface area contributed by atoms with Crippen molar-refractivity contribution in [3.63, 3.8) is 0 Å². The fraction of sp³-hybridized carbons (Fsp3) is 0.474. The normalized spacial score (nSPS) is 18.2. The number of aryl methyl sites for hydroxylation is 1. The summed E-state index contributed by atoms with van der Waals surface area (Å²) in [6.07, 6.45) is 2.98. The van der Waals surface area contributed by atoms with Crippen LogP contribution in [0.5, 0.6) is 0 Å². The van der Waals surface area contributed by atoms with Crippen molar-refractivity contribution in [2.45, 2.75) is 44.7 Å². The quantitative estimate of drug-likeness (QED) is 0.793. The molecule has 0 saturated carbocycles. The summed E-state index contributed by atoms with van der Waals surface area (Å²) in [6.45, 7) is 5.56. The zero-order valence-electron chi connectivity index (χ0n) is 16.1. The minimum absolute atomic E-state index is 0.0394. The number of hydrogen-bond acceptors (Lipinski definition) is 4. The Morgan fingerprint density at radius 3 is 2.68 bits per heavy atom. The summed E-state index contributed by atoms with van der Waals surface area (Å²) in [5.74, 6) is -1.07. The van der Waals surface area contributed by atoms with E-state index in [1.807, 2.05) is 18.5 Å². The number of benzene rings is 1. The Bertz CT molecular complexity index is 941. The molecule has 9 heteroatoms. The standard InChI is InChI=1S/C19H25FN4O3S/c1-3-24-14(2)16(12-22-24)11-21-19(25)15-5-4-10-23(13-15)28(26,27)18-8-6-17(20)7-9-18/h6-9,12,15H,3-5,10-11,13H2,1-2H3,(H,21,25)/t15-/m1/s1. The van der Waals surface area contributed by atoms with Crippen molar-refractivity contribution in [2.75, 3.05) is 13.1 Å². The number of halogens is 1. The van der Waals surface area contributed by atoms with Crippen molar-refractivity contribution in [3.8, 4) is 0 Å². The SMILES string of the molecule is CCn1ncc(CNC(=O)[C@@H]2CCCN(S(=O)(=O)c3ccc(F)cc3)C2)c1C. The first-order valence-electron chi connectivity index (χ1n) is 9.37. The van der Waals surface area contributed by atoms with Gasteiger partial charge in [0.1, 0.15) is 5.82 Å². The highest BCUT2D eigenvalue weighted by atomic mass is 32.2. The molecule has 152 valence electrons. The zero-order chi connectivity index (χ0) is 20.3. The van der Waals surface area contributed by atoms with E-state index in [9.17, 15) is 17.6 Å². The highest BCUT2D eigenvalue weighted by Crippen LogP contribution is 2.24. The van der Waals surface area contributed by atoms with Crippen molar-refractivity contribution in [1.82, 2.24) is 19.4 Å². The molecule has 1 aliphatic heterocycles. The molecule has 1 atom stereocenters. The van der Waals surface area contributed by atoms with Gasteiger partial charge >= 0.3 is 0 Å². The Labute approximate surface area is 164 Å². The number of rotatable bonds is 6. The average Bonchev–Trinajstić information content (AvgIpc) is 3.06. The number of hydrogen-bond donors (Lipinski definition) is 1. The second-order valence-corrected chi connectivity index (χ2v) is 8.88. The van der Waals surface area contributed by atoms with Crippen molar-refractivity contribution < 1.29 is 17.6 Å². The molecular weight excluding hydrogens is 383 g/mol. The lowest BCUT2D eigenvalue weighted by Crippen LogP contribution is -2.45. The van der Waals surface area contributed by atoms with Crippen LogP contribution in [0, 0.1) is 18.7 Å². The van der Waals surface area contributed by atoms with Crippen LogP contribution in [-0.2, 0) is 27.9 Å². The molecule has 1 aromatic heterocycles. The predicted octanol–water partition coefficient (Wildman–Crippen LogP) is 2.07. The van der Waals surface area contributed by atoms with E-state index < -0.39 is 21.8 Å². The maximum absolute atomic E-state index is 13.1. The summed E-state index contributed by atoms with van der Waals surface area (Å²) in [5.41, 5.74) is 1.95. The number of carbonyl (C=O) groups excluding carboxylic acids is 1. The summed E-state index contributed by atoms with van der Waals surface area (Å²) in [7, 11) is -3.75. The molecule has 2 aromatic rings. The first-order chi connectivity index (χ1) is 13.3. The number of carbonyl (C=O) groups is 1. The third-order valence-corrected chi connectivity index (χ3v) is 7.04. The summed E-state index contributed by atoms with van der Waals surface area (Å²) < 4.78 is 41.8. The molecule has 0 radical (unpaired) electrons. The minimum atomic E-state index is -3.75. The van der Waals surface area contributed by atoms with E-state index in [2.05, 4.69) is 10.4 Å². The third-order valence-electron chi connectivity index (χ3n) is 5.16. The predicted molar refractivity (Wildman–Crippen MR) is 102 cm³/mol. The molecule has 1 saturated heterocycles. The fourth-order valence-electron chi connectivity index (χ4n) is 3.43. The number of piperidine rings is 1. The minimum Gasteiger partial charge on any atom is -0.352 e. The number of nitrogens with one attached hydrogen (secondary N) is 1. The summed E-state index contributed by atoms with van der Waals surface area (Å²) in [6, 6.07) is 4.75. The van der Waals surface area contributed by atoms with E-state index in [0.717, 1.165) is 29.9 Å². The van der Waals surface area contributed by atoms with Gasteiger partial charge in [0.15, 0.2) is 0 Å². The maximum atomic E-state index is 13.1. The molecule has 0 unspecified atom stereocenters. The van der Waals surface area contributed by atoms with Gasteiger partial charge < -0.3 is 5.32 Å². The van der Waals surface area contributed by atoms with Crippen LogP contribution in [0.3, 0.4) is 0 Å². The van der Waals surface area contributed by atoms with E-state index in [-0.39, 0.29) is 17.3 Å². The maximum Gasteiger partial charge on any atom is 0.243 e. The van der Waals surface area contributed by atoms with Crippen molar-refractivity contribution in [1.29, 1.82) is 0 Å². The topological polar surface area (TPSA) is 84.3 Å². The Kier molecular flexibility index (Phi) is 6.14. The first-order valence-corrected chi connectivity index (χ1v) is 10.8. The van der Waals surface area contributed by atoms with E-state index in [0.29, 0.717) is 25.9 Å². The van der Waals surface area contributed by atoms with E-state index >= 15 is 0 Å². The zero-order valence-corrected chi connectivity index (χ0v) is 16.9. The first kappa shape index (κ1) is 20.5. The molecule has 28 heavy (non-hydrogen) atoms. The second kappa shape index (κ2) is 8.40. The molecule has 1 fully saturated rings. The summed E-state index contributed by atoms with van der Waals surface area (Å²) >= 11 is 0. The van der Waals surface area contributed by atoms with Crippen molar-refractivity contribution in [2.24, 2.45) is 5.92 Å². The molecule has 0 spiro atoms. The molecule has 1 aliphatic rings. The van der Waals surface area contributed by atoms with Crippen LogP contribution < -0.4 is 5.32 Å². The van der Waals surface area contributed by atoms with Crippen LogP contribution in [0.2, 0.25) is 0 Å². The van der Waals surface area contributed by atoms with E-state index in [4.69, 9.17) is 0 Å². The average molecular weight is 408 g/mol. The number of aromatic nitrogens is 2. The molecular formula is C19H25FN4O3S. The largest absolute Gasteiger partial charge is 0.352 e. The lowest BCUT2D eigenvalue weighted by atomic mass is 9.99. The van der Waals surface area contributed by atoms with Gasteiger partial charge in [-0.25, -0.2) is 12.8 Å². The van der Waals surface area contributed by atoms with E-state index in [1.165, 1.54) is 16.4 Å². The van der Waals surface area contributed by atoms with Crippen LogP contribution in [0.25, 0.3) is 0 Å². The molecule has 7 nitrogen and oxygen atoms in total. The van der Waals surface area contributed by atoms with Gasteiger partial charge in [0, 0.05) is 37.4 Å². The lowest BCUT2D eigenvalue weighted by molar-refractivity contribution is -0.126. The fourth-order valence-corrected chi connectivity index (χ4v) is 4.96. The summed E-state index contributed by atoms with van der Waals surface area (Å²) in [5, 5.41) is 7.16. The lowest BCUT2D eigenvalue weighted by Gasteiger charge is -2.31. The molecule has 1 amide bonds. The van der Waals surface area contributed by atoms with Gasteiger partial charge in [0.05, 0.1) is 17.0 Å².